The molecule has 0 spiro atoms. The Bertz CT molecular complexity index is 666. The summed E-state index contributed by atoms with van der Waals surface area (Å²) in [6.45, 7) is -0.0957. The lowest BCUT2D eigenvalue weighted by Gasteiger charge is -2.10. The number of hydrogen-bond acceptors (Lipinski definition) is 4. The van der Waals surface area contributed by atoms with Crippen LogP contribution in [0.3, 0.4) is 0 Å². The van der Waals surface area contributed by atoms with Crippen molar-refractivity contribution < 1.29 is 27.4 Å². The Labute approximate surface area is 124 Å². The summed E-state index contributed by atoms with van der Waals surface area (Å²) in [4.78, 5) is 11.6. The Morgan fingerprint density at radius 3 is 2.45 bits per heavy atom. The third-order valence-corrected chi connectivity index (χ3v) is 2.90. The Balaban J connectivity index is 2.37. The second-order valence-corrected chi connectivity index (χ2v) is 4.42. The predicted octanol–water partition coefficient (Wildman–Crippen LogP) is 2.80. The lowest BCUT2D eigenvalue weighted by Crippen LogP contribution is -2.16. The van der Waals surface area contributed by atoms with Crippen molar-refractivity contribution >= 4 is 5.97 Å². The van der Waals surface area contributed by atoms with E-state index in [1.165, 1.54) is 7.05 Å². The first kappa shape index (κ1) is 15.9. The number of rotatable bonds is 4. The Morgan fingerprint density at radius 2 is 1.91 bits per heavy atom. The fraction of sp³-hybridized carbons (Fsp3) is 0.286. The van der Waals surface area contributed by atoms with E-state index in [2.05, 4.69) is 9.84 Å². The van der Waals surface area contributed by atoms with E-state index in [-0.39, 0.29) is 6.61 Å². The highest BCUT2D eigenvalue weighted by Crippen LogP contribution is 2.38. The van der Waals surface area contributed by atoms with Crippen LogP contribution in [0, 0.1) is 0 Å². The molecule has 8 heteroatoms. The van der Waals surface area contributed by atoms with E-state index in [1.54, 1.807) is 30.3 Å². The van der Waals surface area contributed by atoms with Gasteiger partial charge in [-0.05, 0) is 5.56 Å². The zero-order valence-corrected chi connectivity index (χ0v) is 11.8. The minimum atomic E-state index is -4.79. The summed E-state index contributed by atoms with van der Waals surface area (Å²) < 4.78 is 49.9. The number of halogens is 3. The van der Waals surface area contributed by atoms with Crippen LogP contribution < -0.4 is 4.74 Å². The van der Waals surface area contributed by atoms with Gasteiger partial charge < -0.3 is 9.47 Å². The number of hydrogen-bond donors (Lipinski definition) is 0. The fourth-order valence-corrected chi connectivity index (χ4v) is 1.91. The van der Waals surface area contributed by atoms with Crippen LogP contribution >= 0.6 is 0 Å². The predicted molar refractivity (Wildman–Crippen MR) is 70.3 cm³/mol. The van der Waals surface area contributed by atoms with Crippen molar-refractivity contribution in [3.05, 3.63) is 47.2 Å². The highest BCUT2D eigenvalue weighted by Gasteiger charge is 2.43. The van der Waals surface area contributed by atoms with Gasteiger partial charge in [0.05, 0.1) is 7.11 Å². The molecule has 1 aromatic carbocycles. The largest absolute Gasteiger partial charge is 0.471 e. The number of esters is 1. The van der Waals surface area contributed by atoms with E-state index in [0.29, 0.717) is 5.56 Å². The topological polar surface area (TPSA) is 53.4 Å². The molecule has 0 saturated carbocycles. The summed E-state index contributed by atoms with van der Waals surface area (Å²) >= 11 is 0. The van der Waals surface area contributed by atoms with Gasteiger partial charge in [0, 0.05) is 7.05 Å². The monoisotopic (exact) mass is 314 g/mol. The van der Waals surface area contributed by atoms with Crippen LogP contribution in [-0.2, 0) is 24.6 Å². The van der Waals surface area contributed by atoms with E-state index in [0.717, 1.165) is 11.8 Å². The van der Waals surface area contributed by atoms with E-state index in [9.17, 15) is 18.0 Å². The van der Waals surface area contributed by atoms with Crippen molar-refractivity contribution in [2.45, 2.75) is 12.8 Å². The van der Waals surface area contributed by atoms with Crippen LogP contribution in [0.1, 0.15) is 21.6 Å². The Kier molecular flexibility index (Phi) is 4.39. The van der Waals surface area contributed by atoms with Gasteiger partial charge in [0.2, 0.25) is 5.88 Å². The van der Waals surface area contributed by atoms with Crippen LogP contribution in [0.5, 0.6) is 5.88 Å². The minimum Gasteiger partial charge on any atom is -0.471 e. The van der Waals surface area contributed by atoms with Gasteiger partial charge in [-0.2, -0.15) is 13.2 Å². The molecule has 1 heterocycles. The van der Waals surface area contributed by atoms with Gasteiger partial charge in [0.1, 0.15) is 6.61 Å². The third kappa shape index (κ3) is 3.21. The summed E-state index contributed by atoms with van der Waals surface area (Å²) in [5.74, 6) is -1.78. The van der Waals surface area contributed by atoms with Crippen molar-refractivity contribution in [2.24, 2.45) is 7.05 Å². The quantitative estimate of drug-likeness (QED) is 0.814. The summed E-state index contributed by atoms with van der Waals surface area (Å²) in [7, 11) is 2.22. The third-order valence-electron chi connectivity index (χ3n) is 2.90. The zero-order chi connectivity index (χ0) is 16.3. The van der Waals surface area contributed by atoms with Gasteiger partial charge in [0.25, 0.3) is 0 Å². The molecule has 0 atom stereocenters. The second kappa shape index (κ2) is 6.08. The molecule has 0 aliphatic rings. The number of carbonyl (C=O) groups excluding carboxylic acids is 1. The summed E-state index contributed by atoms with van der Waals surface area (Å²) in [6, 6.07) is 8.67. The molecular formula is C14H13F3N2O3. The van der Waals surface area contributed by atoms with Gasteiger partial charge >= 0.3 is 12.1 Å². The molecule has 0 aliphatic carbocycles. The van der Waals surface area contributed by atoms with E-state index >= 15 is 0 Å². The summed E-state index contributed by atoms with van der Waals surface area (Å²) in [5, 5.41) is 3.63. The first-order chi connectivity index (χ1) is 10.3. The molecule has 0 unspecified atom stereocenters. The SMILES string of the molecule is COC(=O)c1c(C(F)(F)F)c(OCc2ccccc2)nn1C. The number of methoxy groups -OCH3 is 1. The Morgan fingerprint density at radius 1 is 1.27 bits per heavy atom. The smallest absolute Gasteiger partial charge is 0.424 e. The van der Waals surface area contributed by atoms with Crippen molar-refractivity contribution in [1.29, 1.82) is 0 Å². The van der Waals surface area contributed by atoms with Crippen LogP contribution in [-0.4, -0.2) is 22.9 Å². The number of aryl methyl sites for hydroxylation is 1. The maximum atomic E-state index is 13.2. The molecule has 0 aliphatic heterocycles. The number of carbonyl (C=O) groups is 1. The number of aromatic nitrogens is 2. The molecule has 0 saturated heterocycles. The number of ether oxygens (including phenoxy) is 2. The molecule has 118 valence electrons. The van der Waals surface area contributed by atoms with Crippen LogP contribution in [0.4, 0.5) is 13.2 Å². The molecule has 0 radical (unpaired) electrons. The Hall–Kier alpha value is -2.51. The van der Waals surface area contributed by atoms with Crippen molar-refractivity contribution in [1.82, 2.24) is 9.78 Å². The zero-order valence-electron chi connectivity index (χ0n) is 11.8. The number of benzene rings is 1. The van der Waals surface area contributed by atoms with Crippen LogP contribution in [0.15, 0.2) is 30.3 Å². The van der Waals surface area contributed by atoms with Gasteiger partial charge in [-0.25, -0.2) is 4.79 Å². The molecule has 0 N–H and O–H groups in total. The first-order valence-corrected chi connectivity index (χ1v) is 6.23. The maximum absolute atomic E-state index is 13.2. The van der Waals surface area contributed by atoms with Gasteiger partial charge in [-0.3, -0.25) is 4.68 Å². The average molecular weight is 314 g/mol. The summed E-state index contributed by atoms with van der Waals surface area (Å²) in [5.41, 5.74) is -1.25. The van der Waals surface area contributed by atoms with Crippen LogP contribution in [0.25, 0.3) is 0 Å². The molecular weight excluding hydrogens is 301 g/mol. The second-order valence-electron chi connectivity index (χ2n) is 4.42. The average Bonchev–Trinajstić information content (AvgIpc) is 2.82. The van der Waals surface area contributed by atoms with Gasteiger partial charge in [-0.15, -0.1) is 5.10 Å². The molecule has 2 rings (SSSR count). The highest BCUT2D eigenvalue weighted by atomic mass is 19.4. The molecule has 5 nitrogen and oxygen atoms in total. The highest BCUT2D eigenvalue weighted by molar-refractivity contribution is 5.90. The molecule has 2 aromatic rings. The first-order valence-electron chi connectivity index (χ1n) is 6.23. The van der Waals surface area contributed by atoms with Crippen molar-refractivity contribution in [3.63, 3.8) is 0 Å². The molecule has 1 aromatic heterocycles. The summed E-state index contributed by atoms with van der Waals surface area (Å²) in [6.07, 6.45) is -4.79. The number of nitrogens with zero attached hydrogens (tertiary/aromatic N) is 2. The van der Waals surface area contributed by atoms with E-state index in [4.69, 9.17) is 4.74 Å². The van der Waals surface area contributed by atoms with E-state index in [1.807, 2.05) is 0 Å². The number of alkyl halides is 3. The van der Waals surface area contributed by atoms with Crippen molar-refractivity contribution in [2.75, 3.05) is 7.11 Å². The standard InChI is InChI=1S/C14H13F3N2O3/c1-19-11(13(20)21-2)10(14(15,16)17)12(18-19)22-8-9-6-4-3-5-7-9/h3-7H,8H2,1-2H3. The molecule has 22 heavy (non-hydrogen) atoms. The molecule has 0 bridgehead atoms. The van der Waals surface area contributed by atoms with E-state index < -0.39 is 29.3 Å². The van der Waals surface area contributed by atoms with Gasteiger partial charge in [0.15, 0.2) is 11.3 Å². The van der Waals surface area contributed by atoms with Crippen molar-refractivity contribution in [3.8, 4) is 5.88 Å². The normalized spacial score (nSPS) is 11.3. The maximum Gasteiger partial charge on any atom is 0.424 e. The lowest BCUT2D eigenvalue weighted by atomic mass is 10.2. The minimum absolute atomic E-state index is 0.0957. The molecule has 0 amide bonds. The fourth-order valence-electron chi connectivity index (χ4n) is 1.91. The van der Waals surface area contributed by atoms with Gasteiger partial charge in [-0.1, -0.05) is 30.3 Å². The molecule has 0 fully saturated rings. The lowest BCUT2D eigenvalue weighted by molar-refractivity contribution is -0.139. The van der Waals surface area contributed by atoms with Crippen LogP contribution in [0.2, 0.25) is 0 Å².